The van der Waals surface area contributed by atoms with Gasteiger partial charge in [-0.05, 0) is 39.4 Å². The molecule has 2 heterocycles. The fraction of sp³-hybridized carbons (Fsp3) is 0.625. The van der Waals surface area contributed by atoms with Crippen LogP contribution in [-0.2, 0) is 0 Å². The van der Waals surface area contributed by atoms with Gasteiger partial charge in [0, 0.05) is 30.1 Å². The average molecular weight is 260 g/mol. The summed E-state index contributed by atoms with van der Waals surface area (Å²) in [6, 6.07) is 10.2. The summed E-state index contributed by atoms with van der Waals surface area (Å²) < 4.78 is 5.73. The van der Waals surface area contributed by atoms with Crippen LogP contribution in [0.1, 0.15) is 37.8 Å². The van der Waals surface area contributed by atoms with Crippen molar-refractivity contribution in [3.8, 4) is 5.75 Å². The van der Waals surface area contributed by atoms with Crippen molar-refractivity contribution < 1.29 is 4.74 Å². The Labute approximate surface area is 115 Å². The normalized spacial score (nSPS) is 31.6. The Kier molecular flexibility index (Phi) is 3.76. The molecule has 1 aromatic carbocycles. The van der Waals surface area contributed by atoms with Crippen LogP contribution in [0.2, 0.25) is 0 Å². The number of likely N-dealkylation sites (tertiary alicyclic amines) is 1. The molecule has 2 aliphatic heterocycles. The second kappa shape index (κ2) is 5.51. The van der Waals surface area contributed by atoms with Gasteiger partial charge >= 0.3 is 0 Å². The zero-order valence-electron chi connectivity index (χ0n) is 11.9. The lowest BCUT2D eigenvalue weighted by Gasteiger charge is -2.38. The fourth-order valence-electron chi connectivity index (χ4n) is 3.24. The van der Waals surface area contributed by atoms with E-state index in [0.29, 0.717) is 18.1 Å². The standard InChI is InChI=1S/C16H24N2O/c1-12-11-13(7-9-18(12)2)17-15-8-10-19-16-6-4-3-5-14(15)16/h3-6,12-13,15,17H,7-11H2,1-2H3. The molecule has 0 amide bonds. The van der Waals surface area contributed by atoms with E-state index in [-0.39, 0.29) is 0 Å². The van der Waals surface area contributed by atoms with E-state index in [2.05, 4.69) is 48.5 Å². The molecule has 2 aliphatic rings. The van der Waals surface area contributed by atoms with Gasteiger partial charge in [0.1, 0.15) is 5.75 Å². The maximum Gasteiger partial charge on any atom is 0.124 e. The summed E-state index contributed by atoms with van der Waals surface area (Å²) in [5.41, 5.74) is 1.33. The van der Waals surface area contributed by atoms with Crippen molar-refractivity contribution in [3.63, 3.8) is 0 Å². The molecule has 1 fully saturated rings. The summed E-state index contributed by atoms with van der Waals surface area (Å²) in [4.78, 5) is 2.45. The largest absolute Gasteiger partial charge is 0.493 e. The molecule has 3 heteroatoms. The number of para-hydroxylation sites is 1. The lowest BCUT2D eigenvalue weighted by Crippen LogP contribution is -2.47. The van der Waals surface area contributed by atoms with E-state index in [1.807, 2.05) is 0 Å². The van der Waals surface area contributed by atoms with Crippen molar-refractivity contribution in [3.05, 3.63) is 29.8 Å². The number of rotatable bonds is 2. The highest BCUT2D eigenvalue weighted by atomic mass is 16.5. The average Bonchev–Trinajstić information content (AvgIpc) is 2.43. The first-order valence-electron chi connectivity index (χ1n) is 7.42. The van der Waals surface area contributed by atoms with Gasteiger partial charge in [-0.15, -0.1) is 0 Å². The second-order valence-corrected chi connectivity index (χ2v) is 5.95. The minimum Gasteiger partial charge on any atom is -0.493 e. The molecule has 0 bridgehead atoms. The highest BCUT2D eigenvalue weighted by molar-refractivity contribution is 5.37. The molecule has 0 spiro atoms. The van der Waals surface area contributed by atoms with Gasteiger partial charge in [-0.25, -0.2) is 0 Å². The van der Waals surface area contributed by atoms with Gasteiger partial charge in [-0.3, -0.25) is 0 Å². The van der Waals surface area contributed by atoms with E-state index in [1.54, 1.807) is 0 Å². The lowest BCUT2D eigenvalue weighted by atomic mass is 9.94. The molecule has 0 radical (unpaired) electrons. The van der Waals surface area contributed by atoms with Gasteiger partial charge in [-0.1, -0.05) is 18.2 Å². The Bertz CT molecular complexity index is 435. The Hall–Kier alpha value is -1.06. The minimum absolute atomic E-state index is 0.463. The molecule has 0 aromatic heterocycles. The van der Waals surface area contributed by atoms with Crippen LogP contribution >= 0.6 is 0 Å². The molecular formula is C16H24N2O. The van der Waals surface area contributed by atoms with Crippen LogP contribution in [0.25, 0.3) is 0 Å². The smallest absolute Gasteiger partial charge is 0.124 e. The predicted molar refractivity (Wildman–Crippen MR) is 77.5 cm³/mol. The van der Waals surface area contributed by atoms with Crippen LogP contribution in [0.15, 0.2) is 24.3 Å². The van der Waals surface area contributed by atoms with Crippen LogP contribution in [0.3, 0.4) is 0 Å². The SMILES string of the molecule is CC1CC(NC2CCOc3ccccc32)CCN1C. The van der Waals surface area contributed by atoms with Crippen LogP contribution in [0.4, 0.5) is 0 Å². The predicted octanol–water partition coefficient (Wildman–Crippen LogP) is 2.58. The molecule has 3 nitrogen and oxygen atoms in total. The summed E-state index contributed by atoms with van der Waals surface area (Å²) in [5.74, 6) is 1.06. The molecule has 1 aromatic rings. The summed E-state index contributed by atoms with van der Waals surface area (Å²) in [7, 11) is 2.23. The van der Waals surface area contributed by atoms with E-state index in [0.717, 1.165) is 18.8 Å². The first kappa shape index (κ1) is 12.9. The van der Waals surface area contributed by atoms with Crippen molar-refractivity contribution in [2.45, 2.75) is 44.3 Å². The molecule has 19 heavy (non-hydrogen) atoms. The maximum atomic E-state index is 5.73. The third-order valence-corrected chi connectivity index (χ3v) is 4.60. The fourth-order valence-corrected chi connectivity index (χ4v) is 3.24. The van der Waals surface area contributed by atoms with Crippen LogP contribution in [0.5, 0.6) is 5.75 Å². The Morgan fingerprint density at radius 2 is 2.11 bits per heavy atom. The van der Waals surface area contributed by atoms with Crippen molar-refractivity contribution in [2.75, 3.05) is 20.2 Å². The van der Waals surface area contributed by atoms with Gasteiger partial charge in [0.15, 0.2) is 0 Å². The minimum atomic E-state index is 0.463. The summed E-state index contributed by atoms with van der Waals surface area (Å²) in [6.45, 7) is 4.35. The highest BCUT2D eigenvalue weighted by Gasteiger charge is 2.27. The number of fused-ring (bicyclic) bond motifs is 1. The molecular weight excluding hydrogens is 236 g/mol. The summed E-state index contributed by atoms with van der Waals surface area (Å²) in [5, 5.41) is 3.86. The molecule has 0 saturated carbocycles. The molecule has 1 N–H and O–H groups in total. The van der Waals surface area contributed by atoms with E-state index in [4.69, 9.17) is 4.74 Å². The lowest BCUT2D eigenvalue weighted by molar-refractivity contribution is 0.153. The molecule has 3 rings (SSSR count). The number of piperidine rings is 1. The first-order valence-corrected chi connectivity index (χ1v) is 7.42. The van der Waals surface area contributed by atoms with E-state index in [9.17, 15) is 0 Å². The number of ether oxygens (including phenoxy) is 1. The Balaban J connectivity index is 1.68. The van der Waals surface area contributed by atoms with Gasteiger partial charge in [0.25, 0.3) is 0 Å². The quantitative estimate of drug-likeness (QED) is 0.884. The second-order valence-electron chi connectivity index (χ2n) is 5.95. The van der Waals surface area contributed by atoms with E-state index < -0.39 is 0 Å². The van der Waals surface area contributed by atoms with Gasteiger partial charge in [0.05, 0.1) is 6.61 Å². The molecule has 3 unspecified atom stereocenters. The molecule has 0 aliphatic carbocycles. The van der Waals surface area contributed by atoms with Crippen molar-refractivity contribution in [1.82, 2.24) is 10.2 Å². The monoisotopic (exact) mass is 260 g/mol. The van der Waals surface area contributed by atoms with Crippen molar-refractivity contribution >= 4 is 0 Å². The van der Waals surface area contributed by atoms with E-state index >= 15 is 0 Å². The zero-order valence-corrected chi connectivity index (χ0v) is 11.9. The van der Waals surface area contributed by atoms with Gasteiger partial charge < -0.3 is 15.0 Å². The number of benzene rings is 1. The number of nitrogens with zero attached hydrogens (tertiary/aromatic N) is 1. The number of hydrogen-bond donors (Lipinski definition) is 1. The number of nitrogens with one attached hydrogen (secondary N) is 1. The third kappa shape index (κ3) is 2.77. The zero-order chi connectivity index (χ0) is 13.2. The van der Waals surface area contributed by atoms with E-state index in [1.165, 1.54) is 24.9 Å². The van der Waals surface area contributed by atoms with Crippen molar-refractivity contribution in [2.24, 2.45) is 0 Å². The molecule has 3 atom stereocenters. The maximum absolute atomic E-state index is 5.73. The molecule has 1 saturated heterocycles. The van der Waals surface area contributed by atoms with Crippen LogP contribution in [0, 0.1) is 0 Å². The Morgan fingerprint density at radius 1 is 1.26 bits per heavy atom. The summed E-state index contributed by atoms with van der Waals surface area (Å²) in [6.07, 6.45) is 3.58. The first-order chi connectivity index (χ1) is 9.24. The highest BCUT2D eigenvalue weighted by Crippen LogP contribution is 2.32. The van der Waals surface area contributed by atoms with Crippen LogP contribution < -0.4 is 10.1 Å². The van der Waals surface area contributed by atoms with Gasteiger partial charge in [-0.2, -0.15) is 0 Å². The Morgan fingerprint density at radius 3 is 2.95 bits per heavy atom. The third-order valence-electron chi connectivity index (χ3n) is 4.60. The van der Waals surface area contributed by atoms with Crippen molar-refractivity contribution in [1.29, 1.82) is 0 Å². The molecule has 104 valence electrons. The van der Waals surface area contributed by atoms with Gasteiger partial charge in [0.2, 0.25) is 0 Å². The number of hydrogen-bond acceptors (Lipinski definition) is 3. The topological polar surface area (TPSA) is 24.5 Å². The summed E-state index contributed by atoms with van der Waals surface area (Å²) >= 11 is 0. The van der Waals surface area contributed by atoms with Crippen LogP contribution in [-0.4, -0.2) is 37.2 Å².